The van der Waals surface area contributed by atoms with E-state index in [9.17, 15) is 0 Å². The molecule has 1 aromatic carbocycles. The molecule has 0 aliphatic carbocycles. The highest BCUT2D eigenvalue weighted by Crippen LogP contribution is 2.31. The van der Waals surface area contributed by atoms with Gasteiger partial charge in [0.05, 0.1) is 15.4 Å². The number of rotatable bonds is 3. The maximum absolute atomic E-state index is 6.15. The van der Waals surface area contributed by atoms with Crippen LogP contribution in [0.2, 0.25) is 5.02 Å². The largest absolute Gasteiger partial charge is 0.419 e. The van der Waals surface area contributed by atoms with Gasteiger partial charge in [-0.3, -0.25) is 0 Å². The normalized spacial score (nSPS) is 12.7. The second-order valence-electron chi connectivity index (χ2n) is 3.80. The van der Waals surface area contributed by atoms with Crippen LogP contribution in [0.15, 0.2) is 22.6 Å². The molecule has 90 valence electrons. The second kappa shape index (κ2) is 5.19. The molecule has 0 aliphatic heterocycles. The fraction of sp³-hybridized carbons (Fsp3) is 0.333. The fourth-order valence-corrected chi connectivity index (χ4v) is 1.94. The van der Waals surface area contributed by atoms with Gasteiger partial charge in [0.15, 0.2) is 0 Å². The van der Waals surface area contributed by atoms with Gasteiger partial charge in [-0.1, -0.05) is 40.5 Å². The third-order valence-corrected chi connectivity index (χ3v) is 3.77. The van der Waals surface area contributed by atoms with Crippen molar-refractivity contribution in [2.75, 3.05) is 0 Å². The highest BCUT2D eigenvalue weighted by molar-refractivity contribution is 9.09. The van der Waals surface area contributed by atoms with Gasteiger partial charge in [-0.2, -0.15) is 0 Å². The molecule has 0 fully saturated rings. The zero-order chi connectivity index (χ0) is 12.4. The first-order valence-corrected chi connectivity index (χ1v) is 6.65. The van der Waals surface area contributed by atoms with Gasteiger partial charge in [-0.15, -0.1) is 10.2 Å². The molecule has 0 spiro atoms. The van der Waals surface area contributed by atoms with Crippen LogP contribution in [0.3, 0.4) is 0 Å². The molecule has 1 heterocycles. The lowest BCUT2D eigenvalue weighted by molar-refractivity contribution is 0.500. The van der Waals surface area contributed by atoms with E-state index in [0.717, 1.165) is 17.5 Å². The first-order chi connectivity index (χ1) is 8.11. The van der Waals surface area contributed by atoms with Gasteiger partial charge < -0.3 is 4.42 Å². The Balaban J connectivity index is 2.37. The number of alkyl halides is 1. The summed E-state index contributed by atoms with van der Waals surface area (Å²) in [5.41, 5.74) is 1.87. The summed E-state index contributed by atoms with van der Waals surface area (Å²) in [7, 11) is 0. The van der Waals surface area contributed by atoms with Crippen molar-refractivity contribution in [3.05, 3.63) is 34.7 Å². The first kappa shape index (κ1) is 12.6. The van der Waals surface area contributed by atoms with Gasteiger partial charge in [-0.25, -0.2) is 0 Å². The Kier molecular flexibility index (Phi) is 3.84. The minimum absolute atomic E-state index is 0.0907. The molecule has 2 aromatic rings. The van der Waals surface area contributed by atoms with Crippen LogP contribution in [0.25, 0.3) is 11.5 Å². The maximum Gasteiger partial charge on any atom is 0.249 e. The molecule has 1 atom stereocenters. The van der Waals surface area contributed by atoms with Crippen molar-refractivity contribution in [2.45, 2.75) is 25.1 Å². The zero-order valence-electron chi connectivity index (χ0n) is 9.58. The highest BCUT2D eigenvalue weighted by atomic mass is 79.9. The predicted molar refractivity (Wildman–Crippen MR) is 71.4 cm³/mol. The molecule has 1 unspecified atom stereocenters. The van der Waals surface area contributed by atoms with Crippen LogP contribution in [0, 0.1) is 6.92 Å². The van der Waals surface area contributed by atoms with Crippen LogP contribution in [-0.4, -0.2) is 10.2 Å². The summed E-state index contributed by atoms with van der Waals surface area (Å²) in [4.78, 5) is 0.0907. The number of aromatic nitrogens is 2. The van der Waals surface area contributed by atoms with E-state index in [2.05, 4.69) is 26.1 Å². The molecular formula is C12H12BrClN2O. The Morgan fingerprint density at radius 3 is 2.82 bits per heavy atom. The van der Waals surface area contributed by atoms with Crippen LogP contribution in [-0.2, 0) is 0 Å². The highest BCUT2D eigenvalue weighted by Gasteiger charge is 2.16. The lowest BCUT2D eigenvalue weighted by Gasteiger charge is -2.01. The molecule has 0 radical (unpaired) electrons. The Morgan fingerprint density at radius 2 is 2.18 bits per heavy atom. The van der Waals surface area contributed by atoms with E-state index >= 15 is 0 Å². The minimum Gasteiger partial charge on any atom is -0.419 e. The van der Waals surface area contributed by atoms with Crippen LogP contribution < -0.4 is 0 Å². The Labute approximate surface area is 113 Å². The lowest BCUT2D eigenvalue weighted by Crippen LogP contribution is -1.86. The quantitative estimate of drug-likeness (QED) is 0.780. The van der Waals surface area contributed by atoms with Crippen molar-refractivity contribution in [3.63, 3.8) is 0 Å². The number of aryl methyl sites for hydroxylation is 1. The average molecular weight is 316 g/mol. The van der Waals surface area contributed by atoms with Crippen LogP contribution in [0.4, 0.5) is 0 Å². The third kappa shape index (κ3) is 2.69. The van der Waals surface area contributed by atoms with Gasteiger partial charge in [0.2, 0.25) is 11.8 Å². The first-order valence-electron chi connectivity index (χ1n) is 5.35. The molecule has 0 aliphatic rings. The van der Waals surface area contributed by atoms with Gasteiger partial charge in [0, 0.05) is 0 Å². The molecule has 3 nitrogen and oxygen atoms in total. The molecule has 0 N–H and O–H groups in total. The number of nitrogens with zero attached hydrogens (tertiary/aromatic N) is 2. The topological polar surface area (TPSA) is 38.9 Å². The van der Waals surface area contributed by atoms with Crippen LogP contribution in [0.1, 0.15) is 29.6 Å². The summed E-state index contributed by atoms with van der Waals surface area (Å²) in [6.07, 6.45) is 0.892. The summed E-state index contributed by atoms with van der Waals surface area (Å²) in [5, 5.41) is 8.65. The zero-order valence-corrected chi connectivity index (χ0v) is 11.9. The molecular weight excluding hydrogens is 304 g/mol. The molecule has 1 aromatic heterocycles. The van der Waals surface area contributed by atoms with Crippen LogP contribution >= 0.6 is 27.5 Å². The van der Waals surface area contributed by atoms with Crippen molar-refractivity contribution in [2.24, 2.45) is 0 Å². The summed E-state index contributed by atoms with van der Waals surface area (Å²) in [6.45, 7) is 4.03. The van der Waals surface area contributed by atoms with Crippen molar-refractivity contribution >= 4 is 27.5 Å². The standard InChI is InChI=1S/C12H12BrClN2O/c1-3-9(13)12-16-15-11(17-12)8-5-4-7(2)6-10(8)14/h4-6,9H,3H2,1-2H3. The Bertz CT molecular complexity index is 527. The number of halogens is 2. The molecule has 2 rings (SSSR count). The van der Waals surface area contributed by atoms with E-state index in [1.165, 1.54) is 0 Å². The van der Waals surface area contributed by atoms with E-state index in [-0.39, 0.29) is 4.83 Å². The molecule has 0 bridgehead atoms. The molecule has 0 amide bonds. The number of benzene rings is 1. The molecule has 0 saturated carbocycles. The van der Waals surface area contributed by atoms with Gasteiger partial charge >= 0.3 is 0 Å². The van der Waals surface area contributed by atoms with Crippen molar-refractivity contribution in [3.8, 4) is 11.5 Å². The summed E-state index contributed by atoms with van der Waals surface area (Å²) >= 11 is 9.62. The summed E-state index contributed by atoms with van der Waals surface area (Å²) < 4.78 is 5.59. The van der Waals surface area contributed by atoms with Gasteiger partial charge in [0.25, 0.3) is 0 Å². The van der Waals surface area contributed by atoms with E-state index in [0.29, 0.717) is 16.8 Å². The van der Waals surface area contributed by atoms with E-state index in [1.54, 1.807) is 0 Å². The molecule has 5 heteroatoms. The average Bonchev–Trinajstić information content (AvgIpc) is 2.77. The SMILES string of the molecule is CCC(Br)c1nnc(-c2ccc(C)cc2Cl)o1. The minimum atomic E-state index is 0.0907. The van der Waals surface area contributed by atoms with Crippen LogP contribution in [0.5, 0.6) is 0 Å². The maximum atomic E-state index is 6.15. The number of hydrogen-bond donors (Lipinski definition) is 0. The van der Waals surface area contributed by atoms with E-state index < -0.39 is 0 Å². The van der Waals surface area contributed by atoms with Crippen molar-refractivity contribution < 1.29 is 4.42 Å². The lowest BCUT2D eigenvalue weighted by atomic mass is 10.1. The predicted octanol–water partition coefficient (Wildman–Crippen LogP) is 4.54. The van der Waals surface area contributed by atoms with E-state index in [4.69, 9.17) is 16.0 Å². The third-order valence-electron chi connectivity index (χ3n) is 2.42. The van der Waals surface area contributed by atoms with Gasteiger partial charge in [-0.05, 0) is 31.0 Å². The molecule has 17 heavy (non-hydrogen) atoms. The second-order valence-corrected chi connectivity index (χ2v) is 5.32. The van der Waals surface area contributed by atoms with E-state index in [1.807, 2.05) is 32.0 Å². The number of hydrogen-bond acceptors (Lipinski definition) is 3. The Morgan fingerprint density at radius 1 is 1.41 bits per heavy atom. The smallest absolute Gasteiger partial charge is 0.249 e. The Hall–Kier alpha value is -0.870. The van der Waals surface area contributed by atoms with Gasteiger partial charge in [0.1, 0.15) is 0 Å². The summed E-state index contributed by atoms with van der Waals surface area (Å²) in [5.74, 6) is 1.04. The van der Waals surface area contributed by atoms with Crippen molar-refractivity contribution in [1.82, 2.24) is 10.2 Å². The van der Waals surface area contributed by atoms with Crippen molar-refractivity contribution in [1.29, 1.82) is 0 Å². The monoisotopic (exact) mass is 314 g/mol. The fourth-order valence-electron chi connectivity index (χ4n) is 1.44. The summed E-state index contributed by atoms with van der Waals surface area (Å²) in [6, 6.07) is 5.74. The molecule has 0 saturated heterocycles.